The van der Waals surface area contributed by atoms with Gasteiger partial charge in [-0.25, -0.2) is 4.79 Å². The second kappa shape index (κ2) is 8.79. The average Bonchev–Trinajstić information content (AvgIpc) is 2.53. The monoisotopic (exact) mass is 303 g/mol. The Hall–Kier alpha value is -1.55. The molecule has 0 aromatic heterocycles. The average molecular weight is 303 g/mol. The van der Waals surface area contributed by atoms with Crippen LogP contribution >= 0.6 is 0 Å². The number of urea groups is 1. The molecule has 0 aliphatic carbocycles. The number of hydrogen-bond donors (Lipinski definition) is 2. The third-order valence-corrected chi connectivity index (χ3v) is 4.18. The zero-order valence-corrected chi connectivity index (χ0v) is 13.8. The van der Waals surface area contributed by atoms with Crippen molar-refractivity contribution < 1.29 is 4.79 Å². The number of amides is 2. The molecule has 1 aliphatic heterocycles. The number of hydrogen-bond acceptors (Lipinski definition) is 2. The maximum absolute atomic E-state index is 12.0. The lowest BCUT2D eigenvalue weighted by Gasteiger charge is -2.35. The van der Waals surface area contributed by atoms with E-state index in [4.69, 9.17) is 0 Å². The second-order valence-corrected chi connectivity index (χ2v) is 6.58. The molecule has 1 heterocycles. The summed E-state index contributed by atoms with van der Waals surface area (Å²) in [7, 11) is 0. The summed E-state index contributed by atoms with van der Waals surface area (Å²) in [5.41, 5.74) is 0.832. The van der Waals surface area contributed by atoms with E-state index >= 15 is 0 Å². The predicted octanol–water partition coefficient (Wildman–Crippen LogP) is 3.71. The van der Waals surface area contributed by atoms with Gasteiger partial charge in [-0.05, 0) is 50.4 Å². The smallest absolute Gasteiger partial charge is 0.319 e. The van der Waals surface area contributed by atoms with Crippen LogP contribution in [-0.2, 0) is 0 Å². The number of benzene rings is 1. The molecule has 0 bridgehead atoms. The highest BCUT2D eigenvalue weighted by Gasteiger charge is 2.22. The van der Waals surface area contributed by atoms with E-state index in [2.05, 4.69) is 29.4 Å². The normalized spacial score (nSPS) is 17.2. The van der Waals surface area contributed by atoms with Gasteiger partial charge in [0.15, 0.2) is 0 Å². The van der Waals surface area contributed by atoms with Crippen molar-refractivity contribution in [2.24, 2.45) is 5.92 Å². The molecule has 1 aromatic rings. The van der Waals surface area contributed by atoms with Crippen LogP contribution in [0.2, 0.25) is 0 Å². The van der Waals surface area contributed by atoms with Crippen molar-refractivity contribution in [1.29, 1.82) is 0 Å². The molecule has 2 amide bonds. The Bertz CT molecular complexity index is 441. The predicted molar refractivity (Wildman–Crippen MR) is 92.1 cm³/mol. The molecule has 1 fully saturated rings. The first-order valence-corrected chi connectivity index (χ1v) is 8.49. The summed E-state index contributed by atoms with van der Waals surface area (Å²) in [6.45, 7) is 7.55. The van der Waals surface area contributed by atoms with Crippen LogP contribution in [0.25, 0.3) is 0 Å². The number of carbonyl (C=O) groups is 1. The van der Waals surface area contributed by atoms with Crippen LogP contribution in [0.15, 0.2) is 30.3 Å². The fourth-order valence-electron chi connectivity index (χ4n) is 3.10. The fourth-order valence-corrected chi connectivity index (χ4v) is 3.10. The molecular formula is C18H29N3O. The number of carbonyl (C=O) groups excluding carboxylic acids is 1. The highest BCUT2D eigenvalue weighted by Crippen LogP contribution is 2.17. The summed E-state index contributed by atoms with van der Waals surface area (Å²) in [6, 6.07) is 9.92. The number of likely N-dealkylation sites (tertiary alicyclic amines) is 1. The van der Waals surface area contributed by atoms with Crippen LogP contribution in [-0.4, -0.2) is 36.6 Å². The van der Waals surface area contributed by atoms with Crippen molar-refractivity contribution in [3.05, 3.63) is 30.3 Å². The lowest BCUT2D eigenvalue weighted by Crippen LogP contribution is -2.47. The first-order chi connectivity index (χ1) is 10.6. The largest absolute Gasteiger partial charge is 0.336 e. The molecule has 4 nitrogen and oxygen atoms in total. The number of anilines is 1. The Morgan fingerprint density at radius 3 is 2.45 bits per heavy atom. The molecule has 4 heteroatoms. The van der Waals surface area contributed by atoms with Gasteiger partial charge in [-0.3, -0.25) is 4.90 Å². The molecule has 0 saturated carbocycles. The lowest BCUT2D eigenvalue weighted by atomic mass is 9.99. The van der Waals surface area contributed by atoms with E-state index in [0.717, 1.165) is 18.7 Å². The summed E-state index contributed by atoms with van der Waals surface area (Å²) in [6.07, 6.45) is 5.04. The van der Waals surface area contributed by atoms with Crippen molar-refractivity contribution in [3.63, 3.8) is 0 Å². The second-order valence-electron chi connectivity index (χ2n) is 6.58. The quantitative estimate of drug-likeness (QED) is 0.841. The topological polar surface area (TPSA) is 44.4 Å². The standard InChI is InChI=1S/C18H29N3O/c1-15(2)13-17(21-11-7-4-8-12-21)14-19-18(22)20-16-9-5-3-6-10-16/h3,5-6,9-10,15,17H,4,7-8,11-14H2,1-2H3,(H2,19,20,22). The van der Waals surface area contributed by atoms with E-state index in [-0.39, 0.29) is 6.03 Å². The van der Waals surface area contributed by atoms with Crippen LogP contribution in [0, 0.1) is 5.92 Å². The number of piperidine rings is 1. The summed E-state index contributed by atoms with van der Waals surface area (Å²) in [5.74, 6) is 0.644. The van der Waals surface area contributed by atoms with Gasteiger partial charge >= 0.3 is 6.03 Å². The highest BCUT2D eigenvalue weighted by molar-refractivity contribution is 5.89. The van der Waals surface area contributed by atoms with Crippen LogP contribution in [0.3, 0.4) is 0 Å². The Kier molecular flexibility index (Phi) is 6.72. The summed E-state index contributed by atoms with van der Waals surface area (Å²) < 4.78 is 0. The van der Waals surface area contributed by atoms with Gasteiger partial charge in [-0.2, -0.15) is 0 Å². The van der Waals surface area contributed by atoms with E-state index in [9.17, 15) is 4.79 Å². The van der Waals surface area contributed by atoms with Crippen molar-refractivity contribution in [3.8, 4) is 0 Å². The van der Waals surface area contributed by atoms with Gasteiger partial charge in [0.2, 0.25) is 0 Å². The molecule has 1 saturated heterocycles. The maximum Gasteiger partial charge on any atom is 0.319 e. The van der Waals surface area contributed by atoms with E-state index in [0.29, 0.717) is 12.0 Å². The van der Waals surface area contributed by atoms with Gasteiger partial charge in [-0.15, -0.1) is 0 Å². The van der Waals surface area contributed by atoms with E-state index in [1.165, 1.54) is 32.4 Å². The molecular weight excluding hydrogens is 274 g/mol. The van der Waals surface area contributed by atoms with Gasteiger partial charge < -0.3 is 10.6 Å². The van der Waals surface area contributed by atoms with Gasteiger partial charge in [-0.1, -0.05) is 38.5 Å². The van der Waals surface area contributed by atoms with Gasteiger partial charge in [0.25, 0.3) is 0 Å². The van der Waals surface area contributed by atoms with Crippen LogP contribution < -0.4 is 10.6 Å². The van der Waals surface area contributed by atoms with Gasteiger partial charge in [0.05, 0.1) is 0 Å². The Balaban J connectivity index is 1.83. The first-order valence-electron chi connectivity index (χ1n) is 8.49. The Morgan fingerprint density at radius 2 is 1.82 bits per heavy atom. The van der Waals surface area contributed by atoms with Crippen LogP contribution in [0.1, 0.15) is 39.5 Å². The van der Waals surface area contributed by atoms with Crippen molar-refractivity contribution in [1.82, 2.24) is 10.2 Å². The van der Waals surface area contributed by atoms with Gasteiger partial charge in [0.1, 0.15) is 0 Å². The van der Waals surface area contributed by atoms with Crippen LogP contribution in [0.5, 0.6) is 0 Å². The first kappa shape index (κ1) is 16.8. The van der Waals surface area contributed by atoms with Crippen molar-refractivity contribution >= 4 is 11.7 Å². The minimum atomic E-state index is -0.114. The number of para-hydroxylation sites is 1. The molecule has 1 unspecified atom stereocenters. The third kappa shape index (κ3) is 5.68. The molecule has 2 N–H and O–H groups in total. The molecule has 122 valence electrons. The molecule has 22 heavy (non-hydrogen) atoms. The zero-order chi connectivity index (χ0) is 15.8. The van der Waals surface area contributed by atoms with Crippen LogP contribution in [0.4, 0.5) is 10.5 Å². The maximum atomic E-state index is 12.0. The molecule has 2 rings (SSSR count). The minimum absolute atomic E-state index is 0.114. The number of nitrogens with zero attached hydrogens (tertiary/aromatic N) is 1. The molecule has 1 aliphatic rings. The summed E-state index contributed by atoms with van der Waals surface area (Å²) in [5, 5.41) is 5.93. The Morgan fingerprint density at radius 1 is 1.14 bits per heavy atom. The number of rotatable bonds is 6. The van der Waals surface area contributed by atoms with Crippen molar-refractivity contribution in [2.75, 3.05) is 25.0 Å². The highest BCUT2D eigenvalue weighted by atomic mass is 16.2. The molecule has 0 spiro atoms. The van der Waals surface area contributed by atoms with Gasteiger partial charge in [0, 0.05) is 18.3 Å². The Labute approximate surface area is 134 Å². The van der Waals surface area contributed by atoms with Crippen molar-refractivity contribution in [2.45, 2.75) is 45.6 Å². The third-order valence-electron chi connectivity index (χ3n) is 4.18. The fraction of sp³-hybridized carbons (Fsp3) is 0.611. The molecule has 1 aromatic carbocycles. The minimum Gasteiger partial charge on any atom is -0.336 e. The van der Waals surface area contributed by atoms with E-state index in [1.54, 1.807) is 0 Å². The van der Waals surface area contributed by atoms with E-state index < -0.39 is 0 Å². The lowest BCUT2D eigenvalue weighted by molar-refractivity contribution is 0.143. The number of nitrogens with one attached hydrogen (secondary N) is 2. The molecule has 1 atom stereocenters. The van der Waals surface area contributed by atoms with E-state index in [1.807, 2.05) is 30.3 Å². The summed E-state index contributed by atoms with van der Waals surface area (Å²) >= 11 is 0. The molecule has 0 radical (unpaired) electrons. The SMILES string of the molecule is CC(C)CC(CNC(=O)Nc1ccccc1)N1CCCCC1. The zero-order valence-electron chi connectivity index (χ0n) is 13.8. The summed E-state index contributed by atoms with van der Waals surface area (Å²) in [4.78, 5) is 14.6.